The summed E-state index contributed by atoms with van der Waals surface area (Å²) in [5.41, 5.74) is 3.16. The van der Waals surface area contributed by atoms with Gasteiger partial charge in [-0.05, 0) is 43.7 Å². The van der Waals surface area contributed by atoms with Crippen LogP contribution in [-0.2, 0) is 0 Å². The zero-order valence-electron chi connectivity index (χ0n) is 17.1. The Morgan fingerprint density at radius 2 is 1.77 bits per heavy atom. The van der Waals surface area contributed by atoms with Gasteiger partial charge >= 0.3 is 0 Å². The highest BCUT2D eigenvalue weighted by Crippen LogP contribution is 2.32. The van der Waals surface area contributed by atoms with E-state index in [2.05, 4.69) is 28.9 Å². The molecule has 7 heteroatoms. The molecule has 4 aromatic rings. The van der Waals surface area contributed by atoms with Crippen molar-refractivity contribution in [3.05, 3.63) is 70.9 Å². The van der Waals surface area contributed by atoms with Crippen LogP contribution in [0, 0.1) is 13.8 Å². The number of aromatic nitrogens is 3. The fourth-order valence-electron chi connectivity index (χ4n) is 3.95. The first-order valence-corrected chi connectivity index (χ1v) is 10.9. The third-order valence-electron chi connectivity index (χ3n) is 5.64. The molecule has 0 N–H and O–H groups in total. The smallest absolute Gasteiger partial charge is 0.264 e. The van der Waals surface area contributed by atoms with Gasteiger partial charge in [0.1, 0.15) is 10.6 Å². The number of benzene rings is 1. The van der Waals surface area contributed by atoms with Crippen LogP contribution in [0.15, 0.2) is 54.7 Å². The second-order valence-electron chi connectivity index (χ2n) is 7.58. The van der Waals surface area contributed by atoms with E-state index in [9.17, 15) is 4.79 Å². The summed E-state index contributed by atoms with van der Waals surface area (Å²) in [6, 6.07) is 16.1. The van der Waals surface area contributed by atoms with Crippen LogP contribution >= 0.6 is 11.3 Å². The largest absolute Gasteiger partial charge is 0.353 e. The van der Waals surface area contributed by atoms with E-state index in [-0.39, 0.29) is 5.91 Å². The zero-order valence-corrected chi connectivity index (χ0v) is 17.9. The van der Waals surface area contributed by atoms with E-state index in [0.29, 0.717) is 13.1 Å². The van der Waals surface area contributed by atoms with Crippen molar-refractivity contribution >= 4 is 33.3 Å². The summed E-state index contributed by atoms with van der Waals surface area (Å²) < 4.78 is 1.97. The van der Waals surface area contributed by atoms with Gasteiger partial charge in [-0.2, -0.15) is 5.10 Å². The quantitative estimate of drug-likeness (QED) is 0.504. The summed E-state index contributed by atoms with van der Waals surface area (Å²) in [5, 5.41) is 5.78. The predicted molar refractivity (Wildman–Crippen MR) is 121 cm³/mol. The number of nitrogens with zero attached hydrogens (tertiary/aromatic N) is 5. The Kier molecular flexibility index (Phi) is 4.75. The molecule has 0 saturated carbocycles. The van der Waals surface area contributed by atoms with Crippen LogP contribution in [0.5, 0.6) is 0 Å². The second kappa shape index (κ2) is 7.57. The number of piperazine rings is 1. The van der Waals surface area contributed by atoms with Crippen LogP contribution in [0.4, 0.5) is 5.82 Å². The number of hydrogen-bond acceptors (Lipinski definition) is 5. The molecule has 1 amide bonds. The molecule has 1 aromatic carbocycles. The molecule has 1 aliphatic heterocycles. The number of para-hydroxylation sites is 1. The van der Waals surface area contributed by atoms with Gasteiger partial charge < -0.3 is 9.80 Å². The van der Waals surface area contributed by atoms with E-state index >= 15 is 0 Å². The van der Waals surface area contributed by atoms with Crippen molar-refractivity contribution < 1.29 is 4.79 Å². The standard InChI is InChI=1S/C23H23N5OS/c1-16-7-3-4-8-19(16)28-23-18(17(2)25-28)15-20(30-23)22(29)27-13-11-26(12-14-27)21-9-5-6-10-24-21/h3-10,15H,11-14H2,1-2H3. The molecule has 0 atom stereocenters. The van der Waals surface area contributed by atoms with Gasteiger partial charge in [0.2, 0.25) is 0 Å². The highest BCUT2D eigenvalue weighted by molar-refractivity contribution is 7.20. The van der Waals surface area contributed by atoms with Crippen molar-refractivity contribution in [3.8, 4) is 5.69 Å². The number of carbonyl (C=O) groups excluding carboxylic acids is 1. The van der Waals surface area contributed by atoms with Gasteiger partial charge in [-0.25, -0.2) is 9.67 Å². The first-order valence-electron chi connectivity index (χ1n) is 10.1. The molecule has 0 radical (unpaired) electrons. The van der Waals surface area contributed by atoms with Crippen LogP contribution in [0.2, 0.25) is 0 Å². The molecule has 1 saturated heterocycles. The fraction of sp³-hybridized carbons (Fsp3) is 0.261. The molecular formula is C23H23N5OS. The Morgan fingerprint density at radius 1 is 1.00 bits per heavy atom. The molecule has 1 fully saturated rings. The second-order valence-corrected chi connectivity index (χ2v) is 8.61. The first-order chi connectivity index (χ1) is 14.6. The van der Waals surface area contributed by atoms with Crippen molar-refractivity contribution in [3.63, 3.8) is 0 Å². The summed E-state index contributed by atoms with van der Waals surface area (Å²) in [7, 11) is 0. The highest BCUT2D eigenvalue weighted by atomic mass is 32.1. The summed E-state index contributed by atoms with van der Waals surface area (Å²) in [6.45, 7) is 7.08. The monoisotopic (exact) mass is 417 g/mol. The van der Waals surface area contributed by atoms with Gasteiger partial charge in [-0.3, -0.25) is 4.79 Å². The number of rotatable bonds is 3. The minimum absolute atomic E-state index is 0.104. The molecule has 0 unspecified atom stereocenters. The topological polar surface area (TPSA) is 54.3 Å². The lowest BCUT2D eigenvalue weighted by Gasteiger charge is -2.35. The lowest BCUT2D eigenvalue weighted by atomic mass is 10.2. The lowest BCUT2D eigenvalue weighted by molar-refractivity contribution is 0.0751. The highest BCUT2D eigenvalue weighted by Gasteiger charge is 2.25. The molecule has 0 bridgehead atoms. The molecule has 6 nitrogen and oxygen atoms in total. The predicted octanol–water partition coefficient (Wildman–Crippen LogP) is 4.06. The Balaban J connectivity index is 1.39. The lowest BCUT2D eigenvalue weighted by Crippen LogP contribution is -2.48. The third-order valence-corrected chi connectivity index (χ3v) is 6.74. The molecular weight excluding hydrogens is 394 g/mol. The Morgan fingerprint density at radius 3 is 2.50 bits per heavy atom. The number of anilines is 1. The Hall–Kier alpha value is -3.19. The van der Waals surface area contributed by atoms with Crippen LogP contribution in [0.1, 0.15) is 20.9 Å². The zero-order chi connectivity index (χ0) is 20.7. The van der Waals surface area contributed by atoms with E-state index in [1.807, 2.05) is 59.1 Å². The van der Waals surface area contributed by atoms with Crippen LogP contribution < -0.4 is 4.90 Å². The SMILES string of the molecule is Cc1ccccc1-n1nc(C)c2cc(C(=O)N3CCN(c4ccccn4)CC3)sc21. The number of hydrogen-bond donors (Lipinski definition) is 0. The van der Waals surface area contributed by atoms with Crippen LogP contribution in [-0.4, -0.2) is 51.8 Å². The number of pyridine rings is 1. The molecule has 0 aliphatic carbocycles. The van der Waals surface area contributed by atoms with E-state index < -0.39 is 0 Å². The number of carbonyl (C=O) groups is 1. The van der Waals surface area contributed by atoms with Crippen molar-refractivity contribution in [2.45, 2.75) is 13.8 Å². The van der Waals surface area contributed by atoms with Gasteiger partial charge in [0, 0.05) is 37.8 Å². The maximum Gasteiger partial charge on any atom is 0.264 e. The average molecular weight is 418 g/mol. The van der Waals surface area contributed by atoms with Gasteiger partial charge in [0.05, 0.1) is 16.3 Å². The van der Waals surface area contributed by atoms with Gasteiger partial charge in [-0.15, -0.1) is 11.3 Å². The van der Waals surface area contributed by atoms with Crippen molar-refractivity contribution in [2.75, 3.05) is 31.1 Å². The molecule has 0 spiro atoms. The molecule has 3 aromatic heterocycles. The van der Waals surface area contributed by atoms with E-state index in [1.54, 1.807) is 0 Å². The van der Waals surface area contributed by atoms with E-state index in [0.717, 1.165) is 50.9 Å². The summed E-state index contributed by atoms with van der Waals surface area (Å²) in [4.78, 5) is 23.6. The molecule has 5 rings (SSSR count). The summed E-state index contributed by atoms with van der Waals surface area (Å²) in [6.07, 6.45) is 1.81. The van der Waals surface area contributed by atoms with Crippen LogP contribution in [0.25, 0.3) is 15.9 Å². The fourth-order valence-corrected chi connectivity index (χ4v) is 5.10. The minimum atomic E-state index is 0.104. The van der Waals surface area contributed by atoms with Crippen molar-refractivity contribution in [2.24, 2.45) is 0 Å². The van der Waals surface area contributed by atoms with Crippen molar-refractivity contribution in [1.29, 1.82) is 0 Å². The van der Waals surface area contributed by atoms with Gasteiger partial charge in [0.15, 0.2) is 0 Å². The van der Waals surface area contributed by atoms with Gasteiger partial charge in [0.25, 0.3) is 5.91 Å². The number of amides is 1. The molecule has 4 heterocycles. The summed E-state index contributed by atoms with van der Waals surface area (Å²) >= 11 is 1.53. The average Bonchev–Trinajstić information content (AvgIpc) is 3.35. The van der Waals surface area contributed by atoms with Crippen LogP contribution in [0.3, 0.4) is 0 Å². The Bertz CT molecular complexity index is 1210. The minimum Gasteiger partial charge on any atom is -0.353 e. The number of aryl methyl sites for hydroxylation is 2. The van der Waals surface area contributed by atoms with Crippen molar-refractivity contribution in [1.82, 2.24) is 19.7 Å². The molecule has 152 valence electrons. The third kappa shape index (κ3) is 3.25. The number of thiophene rings is 1. The van der Waals surface area contributed by atoms with E-state index in [4.69, 9.17) is 5.10 Å². The normalized spacial score (nSPS) is 14.5. The molecule has 1 aliphatic rings. The van der Waals surface area contributed by atoms with Gasteiger partial charge in [-0.1, -0.05) is 24.3 Å². The summed E-state index contributed by atoms with van der Waals surface area (Å²) in [5.74, 6) is 1.08. The van der Waals surface area contributed by atoms with E-state index in [1.165, 1.54) is 11.3 Å². The Labute approximate surface area is 179 Å². The maximum absolute atomic E-state index is 13.2. The number of fused-ring (bicyclic) bond motifs is 1. The maximum atomic E-state index is 13.2. The molecule has 30 heavy (non-hydrogen) atoms. The first kappa shape index (κ1) is 18.8.